The van der Waals surface area contributed by atoms with Crippen LogP contribution in [0.15, 0.2) is 11.7 Å². The van der Waals surface area contributed by atoms with Gasteiger partial charge in [0.25, 0.3) is 0 Å². The fourth-order valence-corrected chi connectivity index (χ4v) is 1.27. The molecule has 4 nitrogen and oxygen atoms in total. The second-order valence-electron chi connectivity index (χ2n) is 2.62. The maximum Gasteiger partial charge on any atom is 0.405 e. The quantitative estimate of drug-likeness (QED) is 0.840. The van der Waals surface area contributed by atoms with E-state index in [1.54, 1.807) is 10.8 Å². The largest absolute Gasteiger partial charge is 0.405 e. The molecule has 15 heavy (non-hydrogen) atoms. The molecule has 1 aromatic rings. The van der Waals surface area contributed by atoms with Gasteiger partial charge < -0.3 is 10.6 Å². The van der Waals surface area contributed by atoms with Crippen molar-refractivity contribution in [2.75, 3.05) is 6.54 Å². The summed E-state index contributed by atoms with van der Waals surface area (Å²) in [5, 5.41) is 3.97. The number of hydrogen-bond acceptors (Lipinski definition) is 3. The molecule has 0 aliphatic heterocycles. The minimum atomic E-state index is -4.39. The highest BCUT2D eigenvalue weighted by atomic mass is 32.1. The zero-order valence-corrected chi connectivity index (χ0v) is 8.28. The maximum atomic E-state index is 11.7. The third-order valence-corrected chi connectivity index (χ3v) is 2.14. The van der Waals surface area contributed by atoms with Gasteiger partial charge in [-0.25, -0.2) is 4.79 Å². The van der Waals surface area contributed by atoms with Gasteiger partial charge in [-0.15, -0.1) is 11.3 Å². The van der Waals surface area contributed by atoms with Gasteiger partial charge in [-0.05, 0) is 0 Å². The molecule has 0 unspecified atom stereocenters. The highest BCUT2D eigenvalue weighted by molar-refractivity contribution is 7.09. The summed E-state index contributed by atoms with van der Waals surface area (Å²) in [6, 6.07) is -0.847. The van der Waals surface area contributed by atoms with Gasteiger partial charge in [0.2, 0.25) is 0 Å². The highest BCUT2D eigenvalue weighted by Gasteiger charge is 2.27. The normalized spacial score (nSPS) is 11.1. The zero-order chi connectivity index (χ0) is 11.3. The summed E-state index contributed by atoms with van der Waals surface area (Å²) in [4.78, 5) is 15.4. The predicted octanol–water partition coefficient (Wildman–Crippen LogP) is 1.50. The molecule has 0 fully saturated rings. The molecular weight excluding hydrogens is 231 g/mol. The van der Waals surface area contributed by atoms with Crippen LogP contribution in [0, 0.1) is 0 Å². The standard InChI is InChI=1S/C7H8F3N3OS/c8-7(9,10)3-13-6(14)12-2-5-1-11-4-15-5/h1,4H,2-3H2,(H2,12,13,14). The summed E-state index contributed by atoms with van der Waals surface area (Å²) in [7, 11) is 0. The van der Waals surface area contributed by atoms with E-state index in [9.17, 15) is 18.0 Å². The Kier molecular flexibility index (Phi) is 3.89. The first-order valence-electron chi connectivity index (χ1n) is 3.93. The molecule has 0 aromatic carbocycles. The van der Waals surface area contributed by atoms with Crippen molar-refractivity contribution in [2.45, 2.75) is 12.7 Å². The Balaban J connectivity index is 2.20. The molecule has 1 rings (SSSR count). The van der Waals surface area contributed by atoms with Crippen LogP contribution in [-0.2, 0) is 6.54 Å². The second-order valence-corrected chi connectivity index (χ2v) is 3.59. The Morgan fingerprint density at radius 3 is 2.73 bits per heavy atom. The van der Waals surface area contributed by atoms with Crippen molar-refractivity contribution in [3.8, 4) is 0 Å². The number of nitrogens with one attached hydrogen (secondary N) is 2. The number of amides is 2. The molecule has 8 heteroatoms. The van der Waals surface area contributed by atoms with Crippen molar-refractivity contribution in [1.29, 1.82) is 0 Å². The Labute approximate surface area is 87.5 Å². The predicted molar refractivity (Wildman–Crippen MR) is 48.4 cm³/mol. The Hall–Kier alpha value is -1.31. The molecule has 84 valence electrons. The molecule has 0 spiro atoms. The summed E-state index contributed by atoms with van der Waals surface area (Å²) < 4.78 is 35.0. The Morgan fingerprint density at radius 2 is 2.20 bits per heavy atom. The van der Waals surface area contributed by atoms with Gasteiger partial charge in [0.05, 0.1) is 12.1 Å². The number of aromatic nitrogens is 1. The summed E-state index contributed by atoms with van der Waals surface area (Å²) in [5.74, 6) is 0. The van der Waals surface area contributed by atoms with Crippen molar-refractivity contribution < 1.29 is 18.0 Å². The topological polar surface area (TPSA) is 54.0 Å². The van der Waals surface area contributed by atoms with E-state index in [0.717, 1.165) is 4.88 Å². The van der Waals surface area contributed by atoms with Crippen molar-refractivity contribution >= 4 is 17.4 Å². The van der Waals surface area contributed by atoms with Crippen LogP contribution in [0.25, 0.3) is 0 Å². The van der Waals surface area contributed by atoms with E-state index >= 15 is 0 Å². The highest BCUT2D eigenvalue weighted by Crippen LogP contribution is 2.12. The minimum Gasteiger partial charge on any atom is -0.333 e. The van der Waals surface area contributed by atoms with Crippen LogP contribution in [-0.4, -0.2) is 23.7 Å². The van der Waals surface area contributed by atoms with E-state index in [4.69, 9.17) is 0 Å². The Bertz CT molecular complexity index is 312. The Morgan fingerprint density at radius 1 is 1.47 bits per heavy atom. The van der Waals surface area contributed by atoms with Crippen molar-refractivity contribution in [3.63, 3.8) is 0 Å². The average Bonchev–Trinajstić information content (AvgIpc) is 2.62. The number of nitrogens with zero attached hydrogens (tertiary/aromatic N) is 1. The lowest BCUT2D eigenvalue weighted by atomic mass is 10.5. The molecule has 0 saturated heterocycles. The van der Waals surface area contributed by atoms with Crippen molar-refractivity contribution in [3.05, 3.63) is 16.6 Å². The van der Waals surface area contributed by atoms with Crippen LogP contribution in [0.2, 0.25) is 0 Å². The van der Waals surface area contributed by atoms with E-state index < -0.39 is 18.8 Å². The van der Waals surface area contributed by atoms with E-state index in [1.807, 2.05) is 0 Å². The number of thiazole rings is 1. The van der Waals surface area contributed by atoms with Gasteiger partial charge in [0.1, 0.15) is 6.54 Å². The van der Waals surface area contributed by atoms with Gasteiger partial charge in [-0.1, -0.05) is 0 Å². The molecule has 1 heterocycles. The molecule has 1 aromatic heterocycles. The average molecular weight is 239 g/mol. The van der Waals surface area contributed by atoms with Gasteiger partial charge in [0, 0.05) is 11.1 Å². The summed E-state index contributed by atoms with van der Waals surface area (Å²) in [6.45, 7) is -1.16. The van der Waals surface area contributed by atoms with E-state index in [0.29, 0.717) is 0 Å². The van der Waals surface area contributed by atoms with Crippen LogP contribution >= 0.6 is 11.3 Å². The molecule has 0 atom stereocenters. The van der Waals surface area contributed by atoms with Crippen LogP contribution in [0.3, 0.4) is 0 Å². The first kappa shape index (κ1) is 11.8. The molecule has 0 aliphatic carbocycles. The van der Waals surface area contributed by atoms with Gasteiger partial charge >= 0.3 is 12.2 Å². The van der Waals surface area contributed by atoms with E-state index in [1.165, 1.54) is 17.5 Å². The van der Waals surface area contributed by atoms with Crippen LogP contribution in [0.1, 0.15) is 4.88 Å². The lowest BCUT2D eigenvalue weighted by Crippen LogP contribution is -2.40. The summed E-state index contributed by atoms with van der Waals surface area (Å²) in [6.07, 6.45) is -2.85. The number of rotatable bonds is 3. The molecule has 2 amide bonds. The SMILES string of the molecule is O=C(NCc1cncs1)NCC(F)(F)F. The van der Waals surface area contributed by atoms with E-state index in [2.05, 4.69) is 10.3 Å². The second kappa shape index (κ2) is 4.96. The minimum absolute atomic E-state index is 0.175. The van der Waals surface area contributed by atoms with Crippen LogP contribution in [0.5, 0.6) is 0 Å². The molecule has 2 N–H and O–H groups in total. The number of alkyl halides is 3. The number of hydrogen-bond donors (Lipinski definition) is 2. The zero-order valence-electron chi connectivity index (χ0n) is 7.47. The maximum absolute atomic E-state index is 11.7. The number of carbonyl (C=O) groups is 1. The molecule has 0 aliphatic rings. The summed E-state index contributed by atoms with van der Waals surface area (Å²) >= 11 is 1.31. The fraction of sp³-hybridized carbons (Fsp3) is 0.429. The molecular formula is C7H8F3N3OS. The first-order chi connectivity index (χ1) is 6.97. The monoisotopic (exact) mass is 239 g/mol. The number of urea groups is 1. The van der Waals surface area contributed by atoms with Crippen LogP contribution in [0.4, 0.5) is 18.0 Å². The van der Waals surface area contributed by atoms with Crippen LogP contribution < -0.4 is 10.6 Å². The fourth-order valence-electron chi connectivity index (χ4n) is 0.740. The molecule has 0 saturated carbocycles. The summed E-state index contributed by atoms with van der Waals surface area (Å²) in [5.41, 5.74) is 1.57. The van der Waals surface area contributed by atoms with Crippen molar-refractivity contribution in [1.82, 2.24) is 15.6 Å². The van der Waals surface area contributed by atoms with E-state index in [-0.39, 0.29) is 6.54 Å². The van der Waals surface area contributed by atoms with Crippen molar-refractivity contribution in [2.24, 2.45) is 0 Å². The van der Waals surface area contributed by atoms with Gasteiger partial charge in [0.15, 0.2) is 0 Å². The molecule has 0 bridgehead atoms. The third kappa shape index (κ3) is 5.21. The lowest BCUT2D eigenvalue weighted by molar-refractivity contribution is -0.122. The first-order valence-corrected chi connectivity index (χ1v) is 4.81. The molecule has 0 radical (unpaired) electrons. The smallest absolute Gasteiger partial charge is 0.333 e. The lowest BCUT2D eigenvalue weighted by Gasteiger charge is -2.08. The number of carbonyl (C=O) groups excluding carboxylic acids is 1. The van der Waals surface area contributed by atoms with Gasteiger partial charge in [-0.2, -0.15) is 13.2 Å². The van der Waals surface area contributed by atoms with Gasteiger partial charge in [-0.3, -0.25) is 4.98 Å². The number of halogens is 3. The third-order valence-electron chi connectivity index (χ3n) is 1.36.